The van der Waals surface area contributed by atoms with Crippen molar-refractivity contribution in [2.75, 3.05) is 6.61 Å². The van der Waals surface area contributed by atoms with E-state index < -0.39 is 36.9 Å². The molecule has 0 fully saturated rings. The molecule has 0 spiro atoms. The number of carbonyl (C=O) groups excluding carboxylic acids is 1. The second kappa shape index (κ2) is 58.7. The number of unbranched alkanes of at least 4 members (excludes halogenated alkanes) is 46. The van der Waals surface area contributed by atoms with Crippen molar-refractivity contribution in [3.8, 4) is 0 Å². The number of hydrogen-bond donors (Lipinski definition) is 5. The largest absolute Gasteiger partial charge is 0.394 e. The monoisotopic (exact) mass is 988 g/mol. The molecule has 70 heavy (non-hydrogen) atoms. The second-order valence-electron chi connectivity index (χ2n) is 22.1. The first-order valence-electron chi connectivity index (χ1n) is 31.7. The van der Waals surface area contributed by atoms with Crippen molar-refractivity contribution in [1.29, 1.82) is 0 Å². The summed E-state index contributed by atoms with van der Waals surface area (Å²) in [5.41, 5.74) is 0. The average molecular weight is 989 g/mol. The van der Waals surface area contributed by atoms with Gasteiger partial charge >= 0.3 is 0 Å². The van der Waals surface area contributed by atoms with Crippen molar-refractivity contribution in [3.63, 3.8) is 0 Å². The van der Waals surface area contributed by atoms with E-state index in [1.54, 1.807) is 0 Å². The maximum atomic E-state index is 12.6. The average Bonchev–Trinajstić information content (AvgIpc) is 3.36. The number of aliphatic hydroxyl groups is 4. The van der Waals surface area contributed by atoms with Crippen LogP contribution in [0.1, 0.15) is 348 Å². The molecule has 0 aromatic carbocycles. The fourth-order valence-electron chi connectivity index (χ4n) is 10.2. The maximum absolute atomic E-state index is 12.6. The molecule has 0 heterocycles. The number of amides is 1. The third kappa shape index (κ3) is 51.7. The minimum Gasteiger partial charge on any atom is -0.394 e. The van der Waals surface area contributed by atoms with Gasteiger partial charge in [-0.15, -0.1) is 0 Å². The predicted octanol–water partition coefficient (Wildman–Crippen LogP) is 19.0. The fraction of sp³-hybridized carbons (Fsp3) is 0.922. The number of allylic oxidation sites excluding steroid dienone is 4. The summed E-state index contributed by atoms with van der Waals surface area (Å²) in [5.74, 6) is -0.591. The first-order chi connectivity index (χ1) is 34.5. The molecule has 4 unspecified atom stereocenters. The Kier molecular flexibility index (Phi) is 57.7. The Morgan fingerprint density at radius 1 is 0.343 bits per heavy atom. The molecule has 0 aliphatic rings. The molecular weight excluding hydrogens is 863 g/mol. The number of hydrogen-bond acceptors (Lipinski definition) is 5. The van der Waals surface area contributed by atoms with Crippen LogP contribution in [-0.2, 0) is 4.79 Å². The molecule has 0 bridgehead atoms. The summed E-state index contributed by atoms with van der Waals surface area (Å²) in [6, 6.07) is -1.01. The topological polar surface area (TPSA) is 110 Å². The summed E-state index contributed by atoms with van der Waals surface area (Å²) in [6.45, 7) is 4.09. The first-order valence-corrected chi connectivity index (χ1v) is 31.7. The van der Waals surface area contributed by atoms with Crippen LogP contribution >= 0.6 is 0 Å². The Morgan fingerprint density at radius 2 is 0.600 bits per heavy atom. The van der Waals surface area contributed by atoms with Crippen LogP contribution in [0.2, 0.25) is 0 Å². The van der Waals surface area contributed by atoms with E-state index in [1.165, 1.54) is 276 Å². The van der Waals surface area contributed by atoms with Crippen LogP contribution in [0.15, 0.2) is 24.3 Å². The quantitative estimate of drug-likeness (QED) is 0.0308. The molecule has 0 aromatic heterocycles. The van der Waals surface area contributed by atoms with E-state index in [9.17, 15) is 25.2 Å². The summed E-state index contributed by atoms with van der Waals surface area (Å²) in [4.78, 5) is 12.6. The fourth-order valence-corrected chi connectivity index (χ4v) is 10.2. The van der Waals surface area contributed by atoms with Crippen molar-refractivity contribution in [2.45, 2.75) is 372 Å². The number of rotatable bonds is 59. The van der Waals surface area contributed by atoms with Gasteiger partial charge in [0, 0.05) is 0 Å². The molecule has 6 nitrogen and oxygen atoms in total. The van der Waals surface area contributed by atoms with Gasteiger partial charge in [0.2, 0.25) is 5.91 Å². The van der Waals surface area contributed by atoms with E-state index in [0.29, 0.717) is 19.3 Å². The lowest BCUT2D eigenvalue weighted by atomic mass is 10.00. The molecule has 0 rings (SSSR count). The van der Waals surface area contributed by atoms with Crippen LogP contribution in [0.3, 0.4) is 0 Å². The zero-order valence-corrected chi connectivity index (χ0v) is 47.3. The smallest absolute Gasteiger partial charge is 0.249 e. The molecule has 1 amide bonds. The van der Waals surface area contributed by atoms with Crippen molar-refractivity contribution >= 4 is 5.91 Å². The van der Waals surface area contributed by atoms with Crippen molar-refractivity contribution in [1.82, 2.24) is 5.32 Å². The lowest BCUT2D eigenvalue weighted by Crippen LogP contribution is -2.53. The number of carbonyl (C=O) groups is 1. The molecular formula is C64H125NO5. The molecule has 6 heteroatoms. The predicted molar refractivity (Wildman–Crippen MR) is 307 cm³/mol. The van der Waals surface area contributed by atoms with Gasteiger partial charge in [-0.3, -0.25) is 4.79 Å². The van der Waals surface area contributed by atoms with Gasteiger partial charge in [0.1, 0.15) is 12.2 Å². The highest BCUT2D eigenvalue weighted by atomic mass is 16.3. The lowest BCUT2D eigenvalue weighted by molar-refractivity contribution is -0.132. The highest BCUT2D eigenvalue weighted by Crippen LogP contribution is 2.19. The van der Waals surface area contributed by atoms with Gasteiger partial charge < -0.3 is 25.7 Å². The Labute approximate surface area is 437 Å². The van der Waals surface area contributed by atoms with Gasteiger partial charge in [0.05, 0.1) is 18.8 Å². The number of aliphatic hydroxyl groups excluding tert-OH is 4. The van der Waals surface area contributed by atoms with E-state index >= 15 is 0 Å². The molecule has 0 radical (unpaired) electrons. The Hall–Kier alpha value is -1.21. The molecule has 4 atom stereocenters. The minimum absolute atomic E-state index is 0.365. The zero-order valence-electron chi connectivity index (χ0n) is 47.3. The Morgan fingerprint density at radius 3 is 0.900 bits per heavy atom. The second-order valence-corrected chi connectivity index (χ2v) is 22.1. The molecule has 0 saturated carbocycles. The van der Waals surface area contributed by atoms with E-state index in [0.717, 1.165) is 38.5 Å². The van der Waals surface area contributed by atoms with E-state index in [2.05, 4.69) is 43.5 Å². The zero-order chi connectivity index (χ0) is 50.9. The summed E-state index contributed by atoms with van der Waals surface area (Å²) >= 11 is 0. The normalized spacial score (nSPS) is 13.7. The summed E-state index contributed by atoms with van der Waals surface area (Å²) in [7, 11) is 0. The third-order valence-electron chi connectivity index (χ3n) is 15.1. The Bertz CT molecular complexity index is 1060. The summed E-state index contributed by atoms with van der Waals surface area (Å²) in [6.07, 6.45) is 72.8. The third-order valence-corrected chi connectivity index (χ3v) is 15.1. The summed E-state index contributed by atoms with van der Waals surface area (Å²) < 4.78 is 0. The van der Waals surface area contributed by atoms with Gasteiger partial charge in [0.15, 0.2) is 0 Å². The van der Waals surface area contributed by atoms with Crippen LogP contribution < -0.4 is 5.32 Å². The van der Waals surface area contributed by atoms with Crippen molar-refractivity contribution < 1.29 is 25.2 Å². The molecule has 5 N–H and O–H groups in total. The van der Waals surface area contributed by atoms with Crippen LogP contribution in [0.25, 0.3) is 0 Å². The lowest BCUT2D eigenvalue weighted by Gasteiger charge is -2.27. The van der Waals surface area contributed by atoms with Gasteiger partial charge in [0.25, 0.3) is 0 Å². The molecule has 0 aliphatic carbocycles. The number of nitrogens with one attached hydrogen (secondary N) is 1. The molecule has 0 aliphatic heterocycles. The molecule has 0 saturated heterocycles. The van der Waals surface area contributed by atoms with E-state index in [-0.39, 0.29) is 0 Å². The highest BCUT2D eigenvalue weighted by molar-refractivity contribution is 5.80. The SMILES string of the molecule is CCCCCCCCCCCCCCCCCCCCCCCCC/C=C/CC/C=C/CCCC(O)C(O)C(CO)NC(=O)C(O)CCCCCCCCCCCCCCCCCCCCCCCC. The van der Waals surface area contributed by atoms with Gasteiger partial charge in [-0.2, -0.15) is 0 Å². The van der Waals surface area contributed by atoms with E-state index in [4.69, 9.17) is 0 Å². The van der Waals surface area contributed by atoms with Crippen LogP contribution in [0.4, 0.5) is 0 Å². The maximum Gasteiger partial charge on any atom is 0.249 e. The molecule has 416 valence electrons. The first kappa shape index (κ1) is 68.8. The van der Waals surface area contributed by atoms with Crippen LogP contribution in [0.5, 0.6) is 0 Å². The standard InChI is InChI=1S/C64H125NO5/c1-3-5-7-9-11-13-15-17-19-21-23-25-27-28-29-30-31-32-33-34-35-36-38-39-41-43-45-47-49-51-53-55-57-61(67)63(69)60(59-66)65-64(70)62(68)58-56-54-52-50-48-46-44-42-40-37-26-24-22-20-18-16-14-12-10-8-6-4-2/h41,43,49,51,60-63,66-69H,3-40,42,44-48,50,52-59H2,1-2H3,(H,65,70)/b43-41+,51-49+. The van der Waals surface area contributed by atoms with Crippen molar-refractivity contribution in [2.24, 2.45) is 0 Å². The highest BCUT2D eigenvalue weighted by Gasteiger charge is 2.28. The molecule has 0 aromatic rings. The van der Waals surface area contributed by atoms with E-state index in [1.807, 2.05) is 0 Å². The van der Waals surface area contributed by atoms with Crippen LogP contribution in [-0.4, -0.2) is 57.3 Å². The van der Waals surface area contributed by atoms with Gasteiger partial charge in [-0.1, -0.05) is 321 Å². The summed E-state index contributed by atoms with van der Waals surface area (Å²) in [5, 5.41) is 44.1. The van der Waals surface area contributed by atoms with Crippen molar-refractivity contribution in [3.05, 3.63) is 24.3 Å². The van der Waals surface area contributed by atoms with Gasteiger partial charge in [-0.05, 0) is 51.4 Å². The van der Waals surface area contributed by atoms with Crippen LogP contribution in [0, 0.1) is 0 Å². The Balaban J connectivity index is 3.61. The minimum atomic E-state index is -1.29. The van der Waals surface area contributed by atoms with Gasteiger partial charge in [-0.25, -0.2) is 0 Å².